The maximum Gasteiger partial charge on any atom is 0.224 e. The van der Waals surface area contributed by atoms with Crippen LogP contribution < -0.4 is 10.2 Å². The zero-order valence-corrected chi connectivity index (χ0v) is 21.1. The monoisotopic (exact) mass is 494 g/mol. The van der Waals surface area contributed by atoms with E-state index in [4.69, 9.17) is 0 Å². The summed E-state index contributed by atoms with van der Waals surface area (Å²) in [5.41, 5.74) is 7.01. The molecule has 1 amide bonds. The van der Waals surface area contributed by atoms with Crippen molar-refractivity contribution in [2.45, 2.75) is 39.5 Å². The molecule has 0 radical (unpaired) electrons. The Morgan fingerprint density at radius 2 is 1.81 bits per heavy atom. The van der Waals surface area contributed by atoms with Crippen molar-refractivity contribution in [3.05, 3.63) is 49.2 Å². The van der Waals surface area contributed by atoms with Crippen molar-refractivity contribution >= 4 is 39.1 Å². The predicted molar refractivity (Wildman–Crippen MR) is 146 cm³/mol. The lowest BCUT2D eigenvalue weighted by atomic mass is 10.1. The zero-order valence-electron chi connectivity index (χ0n) is 21.1. The quantitative estimate of drug-likeness (QED) is 0.286. The molecule has 0 spiro atoms. The summed E-state index contributed by atoms with van der Waals surface area (Å²) in [4.78, 5) is 31.6. The van der Waals surface area contributed by atoms with Crippen LogP contribution in [0.4, 0.5) is 11.4 Å². The van der Waals surface area contributed by atoms with E-state index in [2.05, 4.69) is 46.4 Å². The van der Waals surface area contributed by atoms with Crippen molar-refractivity contribution in [3.63, 3.8) is 0 Å². The topological polar surface area (TPSA) is 115 Å². The second-order valence-electron chi connectivity index (χ2n) is 10.1. The number of carbonyl (C=O) groups is 1. The Morgan fingerprint density at radius 3 is 2.65 bits per heavy atom. The minimum absolute atomic E-state index is 0.0216. The minimum atomic E-state index is -0.0216. The molecule has 1 saturated heterocycles. The van der Waals surface area contributed by atoms with E-state index in [-0.39, 0.29) is 11.8 Å². The third-order valence-electron chi connectivity index (χ3n) is 6.84. The number of H-pyrrole nitrogens is 2. The van der Waals surface area contributed by atoms with E-state index in [0.717, 1.165) is 57.5 Å². The van der Waals surface area contributed by atoms with E-state index >= 15 is 0 Å². The van der Waals surface area contributed by atoms with Crippen molar-refractivity contribution in [2.75, 3.05) is 23.3 Å². The molecule has 5 aromatic rings. The maximum absolute atomic E-state index is 12.2. The van der Waals surface area contributed by atoms with Crippen molar-refractivity contribution in [2.24, 2.45) is 5.92 Å². The summed E-state index contributed by atoms with van der Waals surface area (Å²) < 4.78 is 0. The van der Waals surface area contributed by atoms with Crippen LogP contribution in [-0.4, -0.2) is 49.1 Å². The van der Waals surface area contributed by atoms with Crippen molar-refractivity contribution < 1.29 is 4.79 Å². The highest BCUT2D eigenvalue weighted by Gasteiger charge is 2.18. The first-order valence-corrected chi connectivity index (χ1v) is 12.9. The smallest absolute Gasteiger partial charge is 0.224 e. The van der Waals surface area contributed by atoms with Gasteiger partial charge in [-0.05, 0) is 43.4 Å². The second kappa shape index (κ2) is 9.65. The van der Waals surface area contributed by atoms with Gasteiger partial charge in [0.2, 0.25) is 5.91 Å². The van der Waals surface area contributed by atoms with Gasteiger partial charge in [-0.3, -0.25) is 24.8 Å². The first-order valence-electron chi connectivity index (χ1n) is 12.9. The SMILES string of the molecule is CC(C)CC(=O)Nc1cncc(-c2cc3c(-c4cc5c(N6CCCCC6)cncc5[nH]4)n[nH]c3cn2)c1. The van der Waals surface area contributed by atoms with E-state index in [0.29, 0.717) is 12.1 Å². The van der Waals surface area contributed by atoms with E-state index in [1.54, 1.807) is 18.6 Å². The molecule has 3 N–H and O–H groups in total. The van der Waals surface area contributed by atoms with Gasteiger partial charge in [0, 0.05) is 42.0 Å². The number of amides is 1. The number of rotatable bonds is 6. The van der Waals surface area contributed by atoms with Gasteiger partial charge in [0.05, 0.1) is 58.6 Å². The van der Waals surface area contributed by atoms with E-state index in [1.807, 2.05) is 38.4 Å². The normalized spacial score (nSPS) is 14.1. The molecule has 9 heteroatoms. The number of hydrogen-bond donors (Lipinski definition) is 3. The van der Waals surface area contributed by atoms with E-state index in [9.17, 15) is 4.79 Å². The van der Waals surface area contributed by atoms with Crippen molar-refractivity contribution in [1.82, 2.24) is 30.1 Å². The summed E-state index contributed by atoms with van der Waals surface area (Å²) in [5, 5.41) is 12.8. The van der Waals surface area contributed by atoms with Crippen LogP contribution in [0.15, 0.2) is 49.2 Å². The van der Waals surface area contributed by atoms with E-state index < -0.39 is 0 Å². The molecular formula is C28H30N8O. The summed E-state index contributed by atoms with van der Waals surface area (Å²) in [6, 6.07) is 6.09. The van der Waals surface area contributed by atoms with Crippen LogP contribution in [0.2, 0.25) is 0 Å². The number of piperidine rings is 1. The van der Waals surface area contributed by atoms with E-state index in [1.165, 1.54) is 24.9 Å². The van der Waals surface area contributed by atoms with Crippen LogP contribution in [0.3, 0.4) is 0 Å². The summed E-state index contributed by atoms with van der Waals surface area (Å²) in [7, 11) is 0. The Labute approximate surface area is 214 Å². The van der Waals surface area contributed by atoms with Crippen LogP contribution in [0, 0.1) is 5.92 Å². The highest BCUT2D eigenvalue weighted by atomic mass is 16.1. The van der Waals surface area contributed by atoms with Gasteiger partial charge in [0.15, 0.2) is 0 Å². The average Bonchev–Trinajstić information content (AvgIpc) is 3.52. The number of pyridine rings is 3. The summed E-state index contributed by atoms with van der Waals surface area (Å²) in [6.07, 6.45) is 13.2. The molecule has 0 unspecified atom stereocenters. The molecule has 1 aliphatic rings. The highest BCUT2D eigenvalue weighted by molar-refractivity contribution is 6.00. The van der Waals surface area contributed by atoms with Crippen LogP contribution in [0.25, 0.3) is 44.5 Å². The fourth-order valence-electron chi connectivity index (χ4n) is 5.06. The Hall–Kier alpha value is -4.27. The minimum Gasteiger partial charge on any atom is -0.370 e. The lowest BCUT2D eigenvalue weighted by Gasteiger charge is -2.28. The molecule has 6 rings (SSSR count). The fraction of sp³-hybridized carbons (Fsp3) is 0.321. The van der Waals surface area contributed by atoms with Crippen LogP contribution in [0.5, 0.6) is 0 Å². The van der Waals surface area contributed by atoms with Gasteiger partial charge in [-0.25, -0.2) is 0 Å². The van der Waals surface area contributed by atoms with Gasteiger partial charge in [-0.2, -0.15) is 5.10 Å². The molecule has 6 heterocycles. The summed E-state index contributed by atoms with van der Waals surface area (Å²) in [5.74, 6) is 0.266. The maximum atomic E-state index is 12.2. The van der Waals surface area contributed by atoms with Gasteiger partial charge in [0.25, 0.3) is 0 Å². The lowest BCUT2D eigenvalue weighted by Crippen LogP contribution is -2.29. The van der Waals surface area contributed by atoms with Gasteiger partial charge < -0.3 is 15.2 Å². The molecule has 0 aromatic carbocycles. The Balaban J connectivity index is 1.35. The number of nitrogens with zero attached hydrogens (tertiary/aromatic N) is 5. The Morgan fingerprint density at radius 1 is 0.973 bits per heavy atom. The third-order valence-corrected chi connectivity index (χ3v) is 6.84. The largest absolute Gasteiger partial charge is 0.370 e. The van der Waals surface area contributed by atoms with Crippen LogP contribution >= 0.6 is 0 Å². The molecule has 1 aliphatic heterocycles. The number of aromatic nitrogens is 6. The summed E-state index contributed by atoms with van der Waals surface area (Å²) in [6.45, 7) is 6.17. The number of anilines is 2. The second-order valence-corrected chi connectivity index (χ2v) is 10.1. The number of aromatic amines is 2. The first-order chi connectivity index (χ1) is 18.0. The van der Waals surface area contributed by atoms with Gasteiger partial charge >= 0.3 is 0 Å². The van der Waals surface area contributed by atoms with Crippen LogP contribution in [-0.2, 0) is 4.79 Å². The van der Waals surface area contributed by atoms with Crippen molar-refractivity contribution in [3.8, 4) is 22.6 Å². The molecule has 1 fully saturated rings. The van der Waals surface area contributed by atoms with Crippen molar-refractivity contribution in [1.29, 1.82) is 0 Å². The zero-order chi connectivity index (χ0) is 25.4. The molecule has 0 bridgehead atoms. The van der Waals surface area contributed by atoms with Gasteiger partial charge in [-0.1, -0.05) is 13.8 Å². The standard InChI is InChI=1S/C28H30N8O/c1-17(2)8-27(37)32-19-9-18(12-29-13-19)22-11-21-25(15-31-22)34-35-28(21)23-10-20-24(33-23)14-30-16-26(20)36-6-4-3-5-7-36/h9-17,33H,3-8H2,1-2H3,(H,32,37)(H,34,35). The molecule has 188 valence electrons. The predicted octanol–water partition coefficient (Wildman–Crippen LogP) is 5.54. The van der Waals surface area contributed by atoms with Gasteiger partial charge in [0.1, 0.15) is 5.69 Å². The van der Waals surface area contributed by atoms with Crippen LogP contribution in [0.1, 0.15) is 39.5 Å². The average molecular weight is 495 g/mol. The molecule has 0 aliphatic carbocycles. The number of carbonyl (C=O) groups excluding carboxylic acids is 1. The van der Waals surface area contributed by atoms with Gasteiger partial charge in [-0.15, -0.1) is 0 Å². The fourth-order valence-corrected chi connectivity index (χ4v) is 5.06. The lowest BCUT2D eigenvalue weighted by molar-refractivity contribution is -0.116. The number of nitrogens with one attached hydrogen (secondary N) is 3. The molecule has 0 saturated carbocycles. The third kappa shape index (κ3) is 4.64. The summed E-state index contributed by atoms with van der Waals surface area (Å²) >= 11 is 0. The molecular weight excluding hydrogens is 464 g/mol. The highest BCUT2D eigenvalue weighted by Crippen LogP contribution is 2.34. The first kappa shape index (κ1) is 23.1. The number of hydrogen-bond acceptors (Lipinski definition) is 6. The molecule has 9 nitrogen and oxygen atoms in total. The molecule has 0 atom stereocenters. The molecule has 5 aromatic heterocycles. The Bertz CT molecular complexity index is 1580. The number of fused-ring (bicyclic) bond motifs is 2. The molecule has 37 heavy (non-hydrogen) atoms. The Kier molecular flexibility index (Phi) is 6.04.